The molecule has 2 N–H and O–H groups in total. The maximum Gasteiger partial charge on any atom is 0.321 e. The van der Waals surface area contributed by atoms with Crippen molar-refractivity contribution in [3.05, 3.63) is 34.9 Å². The second-order valence-corrected chi connectivity index (χ2v) is 5.92. The molecule has 0 aliphatic heterocycles. The molecular weight excluding hydrogens is 312 g/mol. The number of thioether (sulfide) groups is 1. The molecule has 0 spiro atoms. The third-order valence-electron chi connectivity index (χ3n) is 2.46. The number of hydrogen-bond donors (Lipinski definition) is 2. The summed E-state index contributed by atoms with van der Waals surface area (Å²) in [4.78, 5) is 23.1. The molecule has 21 heavy (non-hydrogen) atoms. The number of urea groups is 1. The van der Waals surface area contributed by atoms with Gasteiger partial charge in [-0.2, -0.15) is 0 Å². The van der Waals surface area contributed by atoms with Crippen LogP contribution in [0.25, 0.3) is 0 Å². The molecule has 1 atom stereocenters. The number of nitrogens with one attached hydrogen (secondary N) is 2. The highest BCUT2D eigenvalue weighted by molar-refractivity contribution is 7.99. The van der Waals surface area contributed by atoms with Gasteiger partial charge in [0.15, 0.2) is 0 Å². The Hall–Kier alpha value is -1.24. The molecular formula is C14H19ClN2O3S. The first-order valence-electron chi connectivity index (χ1n) is 6.42. The highest BCUT2D eigenvalue weighted by atomic mass is 35.5. The predicted molar refractivity (Wildman–Crippen MR) is 85.6 cm³/mol. The molecule has 1 rings (SSSR count). The van der Waals surface area contributed by atoms with Crippen LogP contribution in [0.5, 0.6) is 0 Å². The van der Waals surface area contributed by atoms with E-state index in [0.29, 0.717) is 17.4 Å². The zero-order valence-electron chi connectivity index (χ0n) is 12.0. The number of ether oxygens (including phenoxy) is 1. The number of carbonyl (C=O) groups excluding carboxylic acids is 2. The topological polar surface area (TPSA) is 67.4 Å². The molecule has 7 heteroatoms. The molecule has 1 unspecified atom stereocenters. The first kappa shape index (κ1) is 17.8. The van der Waals surface area contributed by atoms with Crippen LogP contribution in [0, 0.1) is 0 Å². The molecule has 5 nitrogen and oxygen atoms in total. The Kier molecular flexibility index (Phi) is 8.19. The summed E-state index contributed by atoms with van der Waals surface area (Å²) in [5.74, 6) is 0.581. The van der Waals surface area contributed by atoms with Gasteiger partial charge in [-0.3, -0.25) is 10.1 Å². The average molecular weight is 331 g/mol. The number of imide groups is 1. The van der Waals surface area contributed by atoms with E-state index in [1.165, 1.54) is 11.8 Å². The van der Waals surface area contributed by atoms with Gasteiger partial charge in [0.2, 0.25) is 5.91 Å². The fourth-order valence-electron chi connectivity index (χ4n) is 1.56. The molecule has 0 radical (unpaired) electrons. The largest absolute Gasteiger partial charge is 0.383 e. The predicted octanol–water partition coefficient (Wildman–Crippen LogP) is 2.43. The Morgan fingerprint density at radius 1 is 1.33 bits per heavy atom. The molecule has 3 amide bonds. The number of hydrogen-bond acceptors (Lipinski definition) is 4. The van der Waals surface area contributed by atoms with Gasteiger partial charge in [0.05, 0.1) is 18.4 Å². The zero-order chi connectivity index (χ0) is 15.7. The third kappa shape index (κ3) is 7.94. The molecule has 0 saturated heterocycles. The summed E-state index contributed by atoms with van der Waals surface area (Å²) in [6.07, 6.45) is 0. The van der Waals surface area contributed by atoms with Gasteiger partial charge >= 0.3 is 6.03 Å². The Morgan fingerprint density at radius 2 is 2.00 bits per heavy atom. The van der Waals surface area contributed by atoms with Crippen molar-refractivity contribution in [3.63, 3.8) is 0 Å². The van der Waals surface area contributed by atoms with E-state index in [2.05, 4.69) is 10.6 Å². The second kappa shape index (κ2) is 9.65. The van der Waals surface area contributed by atoms with Crippen LogP contribution in [0.4, 0.5) is 4.79 Å². The van der Waals surface area contributed by atoms with E-state index in [1.807, 2.05) is 24.3 Å². The van der Waals surface area contributed by atoms with Crippen molar-refractivity contribution in [2.24, 2.45) is 0 Å². The molecule has 0 fully saturated rings. The van der Waals surface area contributed by atoms with E-state index in [1.54, 1.807) is 14.0 Å². The van der Waals surface area contributed by atoms with E-state index in [9.17, 15) is 9.59 Å². The van der Waals surface area contributed by atoms with E-state index < -0.39 is 6.03 Å². The maximum absolute atomic E-state index is 11.6. The quantitative estimate of drug-likeness (QED) is 0.805. The maximum atomic E-state index is 11.6. The van der Waals surface area contributed by atoms with Gasteiger partial charge in [0, 0.05) is 17.9 Å². The standard InChI is InChI=1S/C14H19ClN2O3S/c1-10(7-20-2)16-14(19)17-13(18)9-21-8-11-3-5-12(15)6-4-11/h3-6,10H,7-9H2,1-2H3,(H2,16,17,18,19). The van der Waals surface area contributed by atoms with Crippen LogP contribution in [0.2, 0.25) is 5.02 Å². The highest BCUT2D eigenvalue weighted by Gasteiger charge is 2.10. The lowest BCUT2D eigenvalue weighted by atomic mass is 10.2. The Morgan fingerprint density at radius 3 is 2.62 bits per heavy atom. The number of rotatable bonds is 7. The lowest BCUT2D eigenvalue weighted by molar-refractivity contribution is -0.117. The summed E-state index contributed by atoms with van der Waals surface area (Å²) >= 11 is 7.22. The lowest BCUT2D eigenvalue weighted by Gasteiger charge is -2.12. The SMILES string of the molecule is COCC(C)NC(=O)NC(=O)CSCc1ccc(Cl)cc1. The Bertz CT molecular complexity index is 468. The minimum absolute atomic E-state index is 0.149. The van der Waals surface area contributed by atoms with Gasteiger partial charge in [-0.15, -0.1) is 11.8 Å². The van der Waals surface area contributed by atoms with E-state index in [4.69, 9.17) is 16.3 Å². The molecule has 0 bridgehead atoms. The van der Waals surface area contributed by atoms with Crippen LogP contribution in [0.1, 0.15) is 12.5 Å². The van der Waals surface area contributed by atoms with E-state index in [-0.39, 0.29) is 17.7 Å². The monoisotopic (exact) mass is 330 g/mol. The van der Waals surface area contributed by atoms with Crippen molar-refractivity contribution in [1.82, 2.24) is 10.6 Å². The Labute approximate surface area is 133 Å². The van der Waals surface area contributed by atoms with Gasteiger partial charge in [-0.25, -0.2) is 4.79 Å². The fraction of sp³-hybridized carbons (Fsp3) is 0.429. The molecule has 0 saturated carbocycles. The van der Waals surface area contributed by atoms with Crippen molar-refractivity contribution in [2.75, 3.05) is 19.5 Å². The molecule has 0 heterocycles. The van der Waals surface area contributed by atoms with Crippen LogP contribution in [0.3, 0.4) is 0 Å². The molecule has 0 aliphatic rings. The van der Waals surface area contributed by atoms with Crippen LogP contribution in [-0.2, 0) is 15.3 Å². The summed E-state index contributed by atoms with van der Waals surface area (Å²) in [5.41, 5.74) is 1.08. The number of benzene rings is 1. The third-order valence-corrected chi connectivity index (χ3v) is 3.72. The van der Waals surface area contributed by atoms with E-state index in [0.717, 1.165) is 5.56 Å². The second-order valence-electron chi connectivity index (χ2n) is 4.50. The Balaban J connectivity index is 2.21. The number of amides is 3. The lowest BCUT2D eigenvalue weighted by Crippen LogP contribution is -2.45. The average Bonchev–Trinajstić information content (AvgIpc) is 2.41. The van der Waals surface area contributed by atoms with Gasteiger partial charge in [0.1, 0.15) is 0 Å². The first-order valence-corrected chi connectivity index (χ1v) is 7.96. The summed E-state index contributed by atoms with van der Waals surface area (Å²) < 4.78 is 4.89. The van der Waals surface area contributed by atoms with Crippen molar-refractivity contribution in [1.29, 1.82) is 0 Å². The highest BCUT2D eigenvalue weighted by Crippen LogP contribution is 2.15. The normalized spacial score (nSPS) is 11.8. The van der Waals surface area contributed by atoms with Crippen molar-refractivity contribution in [2.45, 2.75) is 18.7 Å². The zero-order valence-corrected chi connectivity index (χ0v) is 13.6. The number of carbonyl (C=O) groups is 2. The van der Waals surface area contributed by atoms with Gasteiger partial charge in [0.25, 0.3) is 0 Å². The summed E-state index contributed by atoms with van der Waals surface area (Å²) in [6.45, 7) is 2.19. The fourth-order valence-corrected chi connectivity index (χ4v) is 2.47. The van der Waals surface area contributed by atoms with Crippen LogP contribution in [-0.4, -0.2) is 37.4 Å². The smallest absolute Gasteiger partial charge is 0.321 e. The van der Waals surface area contributed by atoms with E-state index >= 15 is 0 Å². The van der Waals surface area contributed by atoms with Crippen molar-refractivity contribution in [3.8, 4) is 0 Å². The van der Waals surface area contributed by atoms with Gasteiger partial charge in [-0.1, -0.05) is 23.7 Å². The van der Waals surface area contributed by atoms with Crippen LogP contribution >= 0.6 is 23.4 Å². The summed E-state index contributed by atoms with van der Waals surface area (Å²) in [5, 5.41) is 5.57. The van der Waals surface area contributed by atoms with Gasteiger partial charge in [-0.05, 0) is 24.6 Å². The summed E-state index contributed by atoms with van der Waals surface area (Å²) in [6, 6.07) is 6.78. The minimum Gasteiger partial charge on any atom is -0.383 e. The van der Waals surface area contributed by atoms with Gasteiger partial charge < -0.3 is 10.1 Å². The van der Waals surface area contributed by atoms with Crippen LogP contribution in [0.15, 0.2) is 24.3 Å². The van der Waals surface area contributed by atoms with Crippen molar-refractivity contribution >= 4 is 35.3 Å². The van der Waals surface area contributed by atoms with Crippen LogP contribution < -0.4 is 10.6 Å². The molecule has 1 aromatic rings. The molecule has 0 aliphatic carbocycles. The number of methoxy groups -OCH3 is 1. The van der Waals surface area contributed by atoms with Crippen molar-refractivity contribution < 1.29 is 14.3 Å². The molecule has 0 aromatic heterocycles. The first-order chi connectivity index (χ1) is 10.0. The summed E-state index contributed by atoms with van der Waals surface area (Å²) in [7, 11) is 1.55. The molecule has 116 valence electrons. The molecule has 1 aromatic carbocycles. The number of halogens is 1. The minimum atomic E-state index is -0.503.